The lowest BCUT2D eigenvalue weighted by Crippen LogP contribution is -2.43. The molecule has 2 fully saturated rings. The highest BCUT2D eigenvalue weighted by atomic mass is 32.1. The van der Waals surface area contributed by atoms with Gasteiger partial charge in [0.25, 0.3) is 0 Å². The number of nitrogens with zero attached hydrogens (tertiary/aromatic N) is 3. The van der Waals surface area contributed by atoms with Gasteiger partial charge in [0.2, 0.25) is 5.91 Å². The van der Waals surface area contributed by atoms with Crippen molar-refractivity contribution in [1.82, 2.24) is 9.88 Å². The molecule has 0 radical (unpaired) electrons. The van der Waals surface area contributed by atoms with Crippen molar-refractivity contribution >= 4 is 23.0 Å². The number of rotatable bonds is 4. The summed E-state index contributed by atoms with van der Waals surface area (Å²) in [6, 6.07) is 2.10. The molecule has 0 bridgehead atoms. The van der Waals surface area contributed by atoms with Gasteiger partial charge in [0, 0.05) is 36.0 Å². The second-order valence-electron chi connectivity index (χ2n) is 6.19. The Balaban J connectivity index is 1.70. The van der Waals surface area contributed by atoms with Gasteiger partial charge in [0.15, 0.2) is 11.7 Å². The fourth-order valence-electron chi connectivity index (χ4n) is 2.98. The van der Waals surface area contributed by atoms with Crippen molar-refractivity contribution in [2.75, 3.05) is 13.1 Å². The molecule has 0 N–H and O–H groups in total. The lowest BCUT2D eigenvalue weighted by molar-refractivity contribution is -0.136. The van der Waals surface area contributed by atoms with Gasteiger partial charge in [-0.1, -0.05) is 0 Å². The van der Waals surface area contributed by atoms with Crippen LogP contribution in [0.3, 0.4) is 0 Å². The van der Waals surface area contributed by atoms with Gasteiger partial charge in [-0.3, -0.25) is 9.59 Å². The summed E-state index contributed by atoms with van der Waals surface area (Å²) in [4.78, 5) is 31.0. The zero-order valence-corrected chi connectivity index (χ0v) is 13.4. The fraction of sp³-hybridized carbons (Fsp3) is 0.625. The highest BCUT2D eigenvalue weighted by molar-refractivity contribution is 7.09. The van der Waals surface area contributed by atoms with E-state index in [-0.39, 0.29) is 23.5 Å². The van der Waals surface area contributed by atoms with E-state index in [0.717, 1.165) is 37.9 Å². The van der Waals surface area contributed by atoms with Gasteiger partial charge in [-0.05, 0) is 32.6 Å². The minimum absolute atomic E-state index is 0.0786. The quantitative estimate of drug-likeness (QED) is 0.854. The van der Waals surface area contributed by atoms with Crippen molar-refractivity contribution in [3.8, 4) is 6.07 Å². The van der Waals surface area contributed by atoms with Gasteiger partial charge in [0.05, 0.1) is 6.07 Å². The predicted molar refractivity (Wildman–Crippen MR) is 82.2 cm³/mol. The molecule has 1 aromatic rings. The van der Waals surface area contributed by atoms with Crippen molar-refractivity contribution in [2.45, 2.75) is 38.5 Å². The predicted octanol–water partition coefficient (Wildman–Crippen LogP) is 2.28. The van der Waals surface area contributed by atoms with Gasteiger partial charge in [0.1, 0.15) is 5.01 Å². The molecule has 2 aliphatic rings. The van der Waals surface area contributed by atoms with Crippen LogP contribution in [-0.2, 0) is 9.59 Å². The van der Waals surface area contributed by atoms with Crippen molar-refractivity contribution in [3.63, 3.8) is 0 Å². The first-order valence-corrected chi connectivity index (χ1v) is 8.62. The number of carbonyl (C=O) groups is 2. The van der Waals surface area contributed by atoms with Gasteiger partial charge >= 0.3 is 0 Å². The van der Waals surface area contributed by atoms with Crippen LogP contribution in [0, 0.1) is 30.1 Å². The average molecular weight is 317 g/mol. The minimum Gasteiger partial charge on any atom is -0.342 e. The molecule has 1 saturated heterocycles. The van der Waals surface area contributed by atoms with E-state index in [4.69, 9.17) is 0 Å². The van der Waals surface area contributed by atoms with Crippen LogP contribution in [-0.4, -0.2) is 34.7 Å². The van der Waals surface area contributed by atoms with Crippen LogP contribution >= 0.6 is 11.3 Å². The largest absolute Gasteiger partial charge is 0.342 e. The SMILES string of the molecule is Cc1csc([C@H](C#N)C(=O)[C@H]2CCCN(C(=O)C3CC3)C2)n1. The summed E-state index contributed by atoms with van der Waals surface area (Å²) in [6.45, 7) is 3.07. The first-order chi connectivity index (χ1) is 10.6. The molecule has 1 aliphatic carbocycles. The topological polar surface area (TPSA) is 74.1 Å². The Kier molecular flexibility index (Phi) is 4.25. The Labute approximate surface area is 133 Å². The number of hydrogen-bond acceptors (Lipinski definition) is 5. The molecule has 2 heterocycles. The van der Waals surface area contributed by atoms with Gasteiger partial charge in [-0.25, -0.2) is 4.98 Å². The van der Waals surface area contributed by atoms with Gasteiger partial charge < -0.3 is 4.90 Å². The highest BCUT2D eigenvalue weighted by Gasteiger charge is 2.38. The number of aromatic nitrogens is 1. The van der Waals surface area contributed by atoms with Crippen molar-refractivity contribution in [1.29, 1.82) is 5.26 Å². The third-order valence-electron chi connectivity index (χ3n) is 4.36. The molecule has 0 unspecified atom stereocenters. The van der Waals surface area contributed by atoms with E-state index in [1.54, 1.807) is 0 Å². The third-order valence-corrected chi connectivity index (χ3v) is 5.39. The molecule has 1 amide bonds. The van der Waals surface area contributed by atoms with Crippen LogP contribution in [0.15, 0.2) is 5.38 Å². The zero-order chi connectivity index (χ0) is 15.7. The Morgan fingerprint density at radius 2 is 2.18 bits per heavy atom. The lowest BCUT2D eigenvalue weighted by atomic mass is 9.87. The Bertz CT molecular complexity index is 630. The number of piperidine rings is 1. The maximum absolute atomic E-state index is 12.7. The Morgan fingerprint density at radius 1 is 1.41 bits per heavy atom. The number of aryl methyl sites for hydroxylation is 1. The molecule has 1 aromatic heterocycles. The first-order valence-electron chi connectivity index (χ1n) is 7.74. The molecular formula is C16H19N3O2S. The molecule has 22 heavy (non-hydrogen) atoms. The molecule has 1 aliphatic heterocycles. The summed E-state index contributed by atoms with van der Waals surface area (Å²) in [7, 11) is 0. The normalized spacial score (nSPS) is 22.9. The molecule has 0 aromatic carbocycles. The molecule has 0 spiro atoms. The van der Waals surface area contributed by atoms with Gasteiger partial charge in [-0.2, -0.15) is 5.26 Å². The van der Waals surface area contributed by atoms with Crippen LogP contribution in [0.4, 0.5) is 0 Å². The smallest absolute Gasteiger partial charge is 0.225 e. The average Bonchev–Trinajstić information content (AvgIpc) is 3.30. The minimum atomic E-state index is -0.792. The van der Waals surface area contributed by atoms with E-state index in [9.17, 15) is 14.9 Å². The van der Waals surface area contributed by atoms with Gasteiger partial charge in [-0.15, -0.1) is 11.3 Å². The van der Waals surface area contributed by atoms with E-state index in [1.165, 1.54) is 11.3 Å². The van der Waals surface area contributed by atoms with Crippen molar-refractivity contribution < 1.29 is 9.59 Å². The first kappa shape index (κ1) is 15.2. The lowest BCUT2D eigenvalue weighted by Gasteiger charge is -2.32. The molecule has 1 saturated carbocycles. The fourth-order valence-corrected chi connectivity index (χ4v) is 3.82. The van der Waals surface area contributed by atoms with Crippen LogP contribution in [0.1, 0.15) is 42.3 Å². The number of amides is 1. The number of likely N-dealkylation sites (tertiary alicyclic amines) is 1. The van der Waals surface area contributed by atoms with Crippen molar-refractivity contribution in [2.24, 2.45) is 11.8 Å². The highest BCUT2D eigenvalue weighted by Crippen LogP contribution is 2.33. The number of Topliss-reactive ketones (excluding diaryl/α,β-unsaturated/α-hetero) is 1. The standard InChI is InChI=1S/C16H19N3O2S/c1-10-9-22-15(18-10)13(7-17)14(20)12-3-2-6-19(8-12)16(21)11-4-5-11/h9,11-13H,2-6,8H2,1H3/t12-,13+/m0/s1. The van der Waals surface area contributed by atoms with Crippen molar-refractivity contribution in [3.05, 3.63) is 16.1 Å². The van der Waals surface area contributed by atoms with Crippen LogP contribution in [0.5, 0.6) is 0 Å². The van der Waals surface area contributed by atoms with Crippen LogP contribution in [0.2, 0.25) is 0 Å². The summed E-state index contributed by atoms with van der Waals surface area (Å²) >= 11 is 1.36. The summed E-state index contributed by atoms with van der Waals surface area (Å²) in [5.74, 6) is -0.728. The monoisotopic (exact) mass is 317 g/mol. The number of ketones is 1. The summed E-state index contributed by atoms with van der Waals surface area (Å²) in [6.07, 6.45) is 3.56. The summed E-state index contributed by atoms with van der Waals surface area (Å²) < 4.78 is 0. The second kappa shape index (κ2) is 6.17. The van der Waals surface area contributed by atoms with E-state index < -0.39 is 5.92 Å². The second-order valence-corrected chi connectivity index (χ2v) is 7.08. The maximum atomic E-state index is 12.7. The molecule has 116 valence electrons. The molecular weight excluding hydrogens is 298 g/mol. The Morgan fingerprint density at radius 3 is 2.77 bits per heavy atom. The number of carbonyl (C=O) groups excluding carboxylic acids is 2. The van der Waals surface area contributed by atoms with Crippen LogP contribution < -0.4 is 0 Å². The number of nitriles is 1. The van der Waals surface area contributed by atoms with E-state index >= 15 is 0 Å². The molecule has 2 atom stereocenters. The molecule has 5 nitrogen and oxygen atoms in total. The van der Waals surface area contributed by atoms with E-state index in [0.29, 0.717) is 11.6 Å². The van der Waals surface area contributed by atoms with E-state index in [2.05, 4.69) is 11.1 Å². The van der Waals surface area contributed by atoms with E-state index in [1.807, 2.05) is 17.2 Å². The Hall–Kier alpha value is -1.74. The zero-order valence-electron chi connectivity index (χ0n) is 12.6. The van der Waals surface area contributed by atoms with Crippen LogP contribution in [0.25, 0.3) is 0 Å². The molecule has 3 rings (SSSR count). The maximum Gasteiger partial charge on any atom is 0.225 e. The molecule has 6 heteroatoms. The third kappa shape index (κ3) is 3.05. The summed E-state index contributed by atoms with van der Waals surface area (Å²) in [5.41, 5.74) is 0.835. The number of thiazole rings is 1. The number of hydrogen-bond donors (Lipinski definition) is 0. The summed E-state index contributed by atoms with van der Waals surface area (Å²) in [5, 5.41) is 11.8.